The van der Waals surface area contributed by atoms with Gasteiger partial charge in [-0.2, -0.15) is 26.3 Å². The number of benzene rings is 1. The van der Waals surface area contributed by atoms with E-state index in [1.54, 1.807) is 0 Å². The SMILES string of the molecule is C=Cc1ccc(C(S(=O)(=O)C(F)(F)F)S(=O)(=O)C(F)(F)F)cc1. The van der Waals surface area contributed by atoms with Crippen LogP contribution in [0.2, 0.25) is 0 Å². The first kappa shape index (κ1) is 19.5. The highest BCUT2D eigenvalue weighted by molar-refractivity contribution is 8.09. The summed E-state index contributed by atoms with van der Waals surface area (Å²) >= 11 is 0. The Hall–Kier alpha value is -1.56. The standard InChI is InChI=1S/C11H8F6O4S2/c1-2-7-3-5-8(6-4-7)9(22(18,19)10(12,13)14)23(20,21)11(15,16)17/h2-6,9H,1H2. The summed E-state index contributed by atoms with van der Waals surface area (Å²) in [6, 6.07) is 2.97. The predicted octanol–water partition coefficient (Wildman–Crippen LogP) is 3.20. The molecular formula is C11H8F6O4S2. The molecule has 0 unspecified atom stereocenters. The molecule has 0 heterocycles. The molecule has 130 valence electrons. The van der Waals surface area contributed by atoms with Gasteiger partial charge in [-0.1, -0.05) is 36.9 Å². The third-order valence-corrected chi connectivity index (χ3v) is 7.14. The van der Waals surface area contributed by atoms with Crippen LogP contribution in [-0.2, 0) is 19.7 Å². The Morgan fingerprint density at radius 3 is 1.43 bits per heavy atom. The largest absolute Gasteiger partial charge is 0.499 e. The van der Waals surface area contributed by atoms with Crippen molar-refractivity contribution in [1.82, 2.24) is 0 Å². The molecular weight excluding hydrogens is 374 g/mol. The maximum absolute atomic E-state index is 12.6. The van der Waals surface area contributed by atoms with E-state index in [9.17, 15) is 43.2 Å². The number of hydrogen-bond donors (Lipinski definition) is 0. The highest BCUT2D eigenvalue weighted by Crippen LogP contribution is 2.44. The Labute approximate surface area is 127 Å². The van der Waals surface area contributed by atoms with Gasteiger partial charge in [-0.05, 0) is 11.1 Å². The number of hydrogen-bond acceptors (Lipinski definition) is 4. The topological polar surface area (TPSA) is 68.3 Å². The molecule has 0 fully saturated rings. The lowest BCUT2D eigenvalue weighted by Gasteiger charge is -2.21. The number of alkyl halides is 6. The molecule has 0 radical (unpaired) electrons. The van der Waals surface area contributed by atoms with Crippen LogP contribution in [0.4, 0.5) is 26.3 Å². The third kappa shape index (κ3) is 3.52. The van der Waals surface area contributed by atoms with E-state index in [-0.39, 0.29) is 5.56 Å². The summed E-state index contributed by atoms with van der Waals surface area (Å²) in [4.78, 5) is 0. The summed E-state index contributed by atoms with van der Waals surface area (Å²) in [5.74, 6) is 0. The van der Waals surface area contributed by atoms with Crippen molar-refractivity contribution >= 4 is 25.8 Å². The minimum absolute atomic E-state index is 0.237. The van der Waals surface area contributed by atoms with E-state index in [0.717, 1.165) is 12.1 Å². The van der Waals surface area contributed by atoms with Gasteiger partial charge >= 0.3 is 11.0 Å². The molecule has 12 heteroatoms. The average molecular weight is 382 g/mol. The van der Waals surface area contributed by atoms with Crippen LogP contribution in [0, 0.1) is 0 Å². The molecule has 0 atom stereocenters. The molecule has 1 aromatic carbocycles. The first-order valence-corrected chi connectivity index (χ1v) is 8.58. The number of sulfone groups is 2. The zero-order chi connectivity index (χ0) is 18.3. The summed E-state index contributed by atoms with van der Waals surface area (Å²) in [5, 5.41) is 0. The van der Waals surface area contributed by atoms with Crippen molar-refractivity contribution in [2.45, 2.75) is 15.6 Å². The van der Waals surface area contributed by atoms with Gasteiger partial charge in [-0.3, -0.25) is 0 Å². The summed E-state index contributed by atoms with van der Waals surface area (Å²) in [6.07, 6.45) is 1.18. The Morgan fingerprint density at radius 1 is 0.826 bits per heavy atom. The van der Waals surface area contributed by atoms with Crippen molar-refractivity contribution in [1.29, 1.82) is 0 Å². The maximum Gasteiger partial charge on any atom is 0.499 e. The quantitative estimate of drug-likeness (QED) is 0.750. The highest BCUT2D eigenvalue weighted by atomic mass is 32.3. The van der Waals surface area contributed by atoms with E-state index < -0.39 is 40.8 Å². The monoisotopic (exact) mass is 382 g/mol. The van der Waals surface area contributed by atoms with Gasteiger partial charge in [-0.25, -0.2) is 16.8 Å². The molecule has 4 nitrogen and oxygen atoms in total. The molecule has 0 aliphatic heterocycles. The zero-order valence-electron chi connectivity index (χ0n) is 10.9. The van der Waals surface area contributed by atoms with Crippen molar-refractivity contribution in [3.63, 3.8) is 0 Å². The molecule has 0 saturated heterocycles. The summed E-state index contributed by atoms with van der Waals surface area (Å²) in [5.41, 5.74) is -13.3. The molecule has 1 rings (SSSR count). The highest BCUT2D eigenvalue weighted by Gasteiger charge is 2.63. The van der Waals surface area contributed by atoms with Gasteiger partial charge in [0.15, 0.2) is 0 Å². The van der Waals surface area contributed by atoms with Crippen molar-refractivity contribution in [3.8, 4) is 0 Å². The van der Waals surface area contributed by atoms with E-state index in [4.69, 9.17) is 0 Å². The smallest absolute Gasteiger partial charge is 0.218 e. The lowest BCUT2D eigenvalue weighted by atomic mass is 10.1. The van der Waals surface area contributed by atoms with Crippen molar-refractivity contribution < 1.29 is 43.2 Å². The lowest BCUT2D eigenvalue weighted by molar-refractivity contribution is -0.0472. The molecule has 0 spiro atoms. The molecule has 0 saturated carbocycles. The van der Waals surface area contributed by atoms with Crippen LogP contribution in [0.5, 0.6) is 0 Å². The Morgan fingerprint density at radius 2 is 1.17 bits per heavy atom. The molecule has 0 N–H and O–H groups in total. The van der Waals surface area contributed by atoms with Crippen molar-refractivity contribution in [2.24, 2.45) is 0 Å². The van der Waals surface area contributed by atoms with Gasteiger partial charge in [-0.15, -0.1) is 0 Å². The van der Waals surface area contributed by atoms with E-state index in [0.29, 0.717) is 12.1 Å². The van der Waals surface area contributed by atoms with Crippen LogP contribution in [-0.4, -0.2) is 27.9 Å². The fraction of sp³-hybridized carbons (Fsp3) is 0.273. The average Bonchev–Trinajstić information content (AvgIpc) is 2.36. The van der Waals surface area contributed by atoms with Crippen molar-refractivity contribution in [3.05, 3.63) is 42.0 Å². The molecule has 0 bridgehead atoms. The number of rotatable bonds is 4. The lowest BCUT2D eigenvalue weighted by Crippen LogP contribution is -2.39. The Bertz CT molecular complexity index is 744. The van der Waals surface area contributed by atoms with Gasteiger partial charge < -0.3 is 0 Å². The summed E-state index contributed by atoms with van der Waals surface area (Å²) in [7, 11) is -13.4. The normalized spacial score (nSPS) is 14.0. The summed E-state index contributed by atoms with van der Waals surface area (Å²) in [6.45, 7) is 3.28. The van der Waals surface area contributed by atoms with E-state index >= 15 is 0 Å². The van der Waals surface area contributed by atoms with E-state index in [1.165, 1.54) is 6.08 Å². The van der Waals surface area contributed by atoms with Crippen LogP contribution in [0.3, 0.4) is 0 Å². The molecule has 0 aromatic heterocycles. The third-order valence-electron chi connectivity index (χ3n) is 2.65. The zero-order valence-corrected chi connectivity index (χ0v) is 12.5. The molecule has 0 aliphatic carbocycles. The molecule has 0 amide bonds. The van der Waals surface area contributed by atoms with E-state index in [2.05, 4.69) is 6.58 Å². The second-order valence-electron chi connectivity index (χ2n) is 4.18. The summed E-state index contributed by atoms with van der Waals surface area (Å²) < 4.78 is 117. The minimum Gasteiger partial charge on any atom is -0.218 e. The van der Waals surface area contributed by atoms with Crippen LogP contribution in [0.15, 0.2) is 30.8 Å². The van der Waals surface area contributed by atoms with Gasteiger partial charge in [0.25, 0.3) is 19.7 Å². The second kappa shape index (κ2) is 5.82. The van der Waals surface area contributed by atoms with Crippen LogP contribution in [0.1, 0.15) is 15.7 Å². The van der Waals surface area contributed by atoms with Gasteiger partial charge in [0, 0.05) is 0 Å². The molecule has 1 aromatic rings. The van der Waals surface area contributed by atoms with Gasteiger partial charge in [0.05, 0.1) is 0 Å². The second-order valence-corrected chi connectivity index (χ2v) is 8.53. The van der Waals surface area contributed by atoms with Gasteiger partial charge in [0.1, 0.15) is 0 Å². The predicted molar refractivity (Wildman–Crippen MR) is 69.2 cm³/mol. The van der Waals surface area contributed by atoms with Crippen LogP contribution in [0.25, 0.3) is 6.08 Å². The van der Waals surface area contributed by atoms with E-state index in [1.807, 2.05) is 0 Å². The van der Waals surface area contributed by atoms with Crippen molar-refractivity contribution in [2.75, 3.05) is 0 Å². The van der Waals surface area contributed by atoms with Gasteiger partial charge in [0.2, 0.25) is 4.58 Å². The minimum atomic E-state index is -6.69. The first-order chi connectivity index (χ1) is 10.2. The number of halogens is 6. The Kier molecular flexibility index (Phi) is 4.93. The molecule has 0 aliphatic rings. The van der Waals surface area contributed by atoms with Crippen LogP contribution < -0.4 is 0 Å². The fourth-order valence-electron chi connectivity index (χ4n) is 1.56. The fourth-order valence-corrected chi connectivity index (χ4v) is 5.06. The van der Waals surface area contributed by atoms with Crippen LogP contribution >= 0.6 is 0 Å². The maximum atomic E-state index is 12.6. The first-order valence-electron chi connectivity index (χ1n) is 5.49. The molecule has 23 heavy (non-hydrogen) atoms. The Balaban J connectivity index is 3.73.